The molecule has 0 radical (unpaired) electrons. The van der Waals surface area contributed by atoms with Gasteiger partial charge in [-0.2, -0.15) is 0 Å². The van der Waals surface area contributed by atoms with Crippen molar-refractivity contribution in [2.24, 2.45) is 5.73 Å². The molecule has 0 bridgehead atoms. The number of anilines is 1. The zero-order valence-corrected chi connectivity index (χ0v) is 12.8. The highest BCUT2D eigenvalue weighted by Gasteiger charge is 2.08. The number of hydrogen-bond acceptors (Lipinski definition) is 3. The Labute approximate surface area is 131 Å². The molecular formula is C18H22N2O2. The first-order valence-electron chi connectivity index (χ1n) is 7.46. The van der Waals surface area contributed by atoms with Crippen LogP contribution in [-0.2, 0) is 11.4 Å². The van der Waals surface area contributed by atoms with Gasteiger partial charge in [0, 0.05) is 23.7 Å². The normalized spacial score (nSPS) is 11.7. The summed E-state index contributed by atoms with van der Waals surface area (Å²) >= 11 is 0. The van der Waals surface area contributed by atoms with Gasteiger partial charge in [-0.25, -0.2) is 0 Å². The standard InChI is InChI=1S/C18H22N2O2/c1-14(19)11-12-18(21)20-17-10-6-5-7-15(17)13-22-16-8-3-2-4-9-16/h2-10,14H,11-13,19H2,1H3,(H,20,21). The van der Waals surface area contributed by atoms with Gasteiger partial charge in [-0.05, 0) is 31.5 Å². The van der Waals surface area contributed by atoms with E-state index < -0.39 is 0 Å². The highest BCUT2D eigenvalue weighted by molar-refractivity contribution is 5.91. The van der Waals surface area contributed by atoms with Crippen molar-refractivity contribution in [2.75, 3.05) is 5.32 Å². The van der Waals surface area contributed by atoms with E-state index in [4.69, 9.17) is 10.5 Å². The topological polar surface area (TPSA) is 64.4 Å². The van der Waals surface area contributed by atoms with Gasteiger partial charge in [0.2, 0.25) is 5.91 Å². The molecule has 0 spiro atoms. The zero-order valence-electron chi connectivity index (χ0n) is 12.8. The Kier molecular flexibility index (Phi) is 5.98. The number of para-hydroxylation sites is 2. The summed E-state index contributed by atoms with van der Waals surface area (Å²) in [7, 11) is 0. The molecule has 116 valence electrons. The molecule has 0 heterocycles. The van der Waals surface area contributed by atoms with Crippen molar-refractivity contribution in [2.45, 2.75) is 32.4 Å². The van der Waals surface area contributed by atoms with Crippen LogP contribution in [0.4, 0.5) is 5.69 Å². The van der Waals surface area contributed by atoms with E-state index in [1.807, 2.05) is 61.5 Å². The second-order valence-electron chi connectivity index (χ2n) is 5.32. The van der Waals surface area contributed by atoms with Gasteiger partial charge >= 0.3 is 0 Å². The van der Waals surface area contributed by atoms with Gasteiger partial charge in [-0.3, -0.25) is 4.79 Å². The zero-order chi connectivity index (χ0) is 15.8. The summed E-state index contributed by atoms with van der Waals surface area (Å²) in [5.74, 6) is 0.782. The van der Waals surface area contributed by atoms with E-state index in [1.165, 1.54) is 0 Å². The molecule has 0 aliphatic rings. The molecule has 4 nitrogen and oxygen atoms in total. The molecule has 0 aliphatic carbocycles. The van der Waals surface area contributed by atoms with Gasteiger partial charge in [0.05, 0.1) is 0 Å². The fraction of sp³-hybridized carbons (Fsp3) is 0.278. The van der Waals surface area contributed by atoms with Crippen molar-refractivity contribution >= 4 is 11.6 Å². The molecule has 0 aromatic heterocycles. The molecule has 22 heavy (non-hydrogen) atoms. The van der Waals surface area contributed by atoms with E-state index in [9.17, 15) is 4.79 Å². The molecule has 0 saturated heterocycles. The maximum atomic E-state index is 11.9. The summed E-state index contributed by atoms with van der Waals surface area (Å²) in [5.41, 5.74) is 7.41. The summed E-state index contributed by atoms with van der Waals surface area (Å²) in [6.07, 6.45) is 1.10. The lowest BCUT2D eigenvalue weighted by Gasteiger charge is -2.12. The smallest absolute Gasteiger partial charge is 0.224 e. The van der Waals surface area contributed by atoms with E-state index in [2.05, 4.69) is 5.32 Å². The number of benzene rings is 2. The maximum Gasteiger partial charge on any atom is 0.224 e. The lowest BCUT2D eigenvalue weighted by atomic mass is 10.1. The quantitative estimate of drug-likeness (QED) is 0.824. The largest absolute Gasteiger partial charge is 0.489 e. The highest BCUT2D eigenvalue weighted by Crippen LogP contribution is 2.18. The lowest BCUT2D eigenvalue weighted by Crippen LogP contribution is -2.20. The van der Waals surface area contributed by atoms with Crippen LogP contribution in [-0.4, -0.2) is 11.9 Å². The van der Waals surface area contributed by atoms with E-state index in [0.717, 1.165) is 17.0 Å². The Bertz CT molecular complexity index is 597. The van der Waals surface area contributed by atoms with E-state index in [-0.39, 0.29) is 11.9 Å². The van der Waals surface area contributed by atoms with Crippen molar-refractivity contribution < 1.29 is 9.53 Å². The third-order valence-corrected chi connectivity index (χ3v) is 3.26. The SMILES string of the molecule is CC(N)CCC(=O)Nc1ccccc1COc1ccccc1. The van der Waals surface area contributed by atoms with Crippen molar-refractivity contribution in [1.29, 1.82) is 0 Å². The van der Waals surface area contributed by atoms with Crippen LogP contribution in [0, 0.1) is 0 Å². The molecule has 0 saturated carbocycles. The first-order chi connectivity index (χ1) is 10.6. The van der Waals surface area contributed by atoms with Crippen molar-refractivity contribution in [1.82, 2.24) is 0 Å². The Balaban J connectivity index is 1.96. The lowest BCUT2D eigenvalue weighted by molar-refractivity contribution is -0.116. The minimum absolute atomic E-state index is 0.0236. The second kappa shape index (κ2) is 8.20. The van der Waals surface area contributed by atoms with Crippen LogP contribution in [0.3, 0.4) is 0 Å². The van der Waals surface area contributed by atoms with Crippen LogP contribution >= 0.6 is 0 Å². The number of amides is 1. The molecule has 2 aromatic rings. The summed E-state index contributed by atoms with van der Waals surface area (Å²) in [5, 5.41) is 2.93. The molecule has 2 aromatic carbocycles. The number of hydrogen-bond donors (Lipinski definition) is 2. The molecule has 1 unspecified atom stereocenters. The average Bonchev–Trinajstić information content (AvgIpc) is 2.53. The molecule has 0 aliphatic heterocycles. The van der Waals surface area contributed by atoms with Crippen LogP contribution in [0.15, 0.2) is 54.6 Å². The first kappa shape index (κ1) is 16.0. The van der Waals surface area contributed by atoms with E-state index in [1.54, 1.807) is 0 Å². The average molecular weight is 298 g/mol. The third kappa shape index (κ3) is 5.22. The molecular weight excluding hydrogens is 276 g/mol. The number of ether oxygens (including phenoxy) is 1. The van der Waals surface area contributed by atoms with Crippen molar-refractivity contribution in [3.63, 3.8) is 0 Å². The van der Waals surface area contributed by atoms with Gasteiger partial charge in [0.15, 0.2) is 0 Å². The molecule has 2 rings (SSSR count). The van der Waals surface area contributed by atoms with E-state index in [0.29, 0.717) is 19.4 Å². The minimum Gasteiger partial charge on any atom is -0.489 e. The van der Waals surface area contributed by atoms with Gasteiger partial charge in [-0.15, -0.1) is 0 Å². The molecule has 3 N–H and O–H groups in total. The Hall–Kier alpha value is -2.33. The van der Waals surface area contributed by atoms with Crippen molar-refractivity contribution in [3.8, 4) is 5.75 Å². The first-order valence-corrected chi connectivity index (χ1v) is 7.46. The summed E-state index contributed by atoms with van der Waals surface area (Å²) in [6, 6.07) is 17.3. The Morgan fingerprint density at radius 1 is 1.14 bits per heavy atom. The summed E-state index contributed by atoms with van der Waals surface area (Å²) in [6.45, 7) is 2.31. The predicted molar refractivity (Wildman–Crippen MR) is 88.7 cm³/mol. The van der Waals surface area contributed by atoms with Gasteiger partial charge < -0.3 is 15.8 Å². The van der Waals surface area contributed by atoms with Crippen LogP contribution in [0.1, 0.15) is 25.3 Å². The van der Waals surface area contributed by atoms with Gasteiger partial charge in [0.1, 0.15) is 12.4 Å². The van der Waals surface area contributed by atoms with Crippen LogP contribution in [0.5, 0.6) is 5.75 Å². The van der Waals surface area contributed by atoms with Crippen LogP contribution < -0.4 is 15.8 Å². The third-order valence-electron chi connectivity index (χ3n) is 3.26. The Morgan fingerprint density at radius 2 is 1.82 bits per heavy atom. The summed E-state index contributed by atoms with van der Waals surface area (Å²) < 4.78 is 5.74. The molecule has 1 atom stereocenters. The number of carbonyl (C=O) groups excluding carboxylic acids is 1. The highest BCUT2D eigenvalue weighted by atomic mass is 16.5. The van der Waals surface area contributed by atoms with Crippen LogP contribution in [0.25, 0.3) is 0 Å². The maximum absolute atomic E-state index is 11.9. The minimum atomic E-state index is -0.0236. The van der Waals surface area contributed by atoms with Crippen molar-refractivity contribution in [3.05, 3.63) is 60.2 Å². The second-order valence-corrected chi connectivity index (χ2v) is 5.32. The Morgan fingerprint density at radius 3 is 2.55 bits per heavy atom. The predicted octanol–water partition coefficient (Wildman–Crippen LogP) is 3.33. The van der Waals surface area contributed by atoms with Crippen LogP contribution in [0.2, 0.25) is 0 Å². The number of nitrogens with two attached hydrogens (primary N) is 1. The number of carbonyl (C=O) groups is 1. The van der Waals surface area contributed by atoms with E-state index >= 15 is 0 Å². The summed E-state index contributed by atoms with van der Waals surface area (Å²) in [4.78, 5) is 11.9. The fourth-order valence-electron chi connectivity index (χ4n) is 2.02. The van der Waals surface area contributed by atoms with Gasteiger partial charge in [-0.1, -0.05) is 36.4 Å². The number of nitrogens with one attached hydrogen (secondary N) is 1. The fourth-order valence-corrected chi connectivity index (χ4v) is 2.02. The molecule has 4 heteroatoms. The van der Waals surface area contributed by atoms with Gasteiger partial charge in [0.25, 0.3) is 0 Å². The monoisotopic (exact) mass is 298 g/mol. The molecule has 1 amide bonds. The number of rotatable bonds is 7. The molecule has 0 fully saturated rings.